The summed E-state index contributed by atoms with van der Waals surface area (Å²) in [6.45, 7) is 3.60. The average Bonchev–Trinajstić information content (AvgIpc) is 2.74. The Hall–Kier alpha value is -1.30. The van der Waals surface area contributed by atoms with Gasteiger partial charge in [-0.25, -0.2) is 8.42 Å². The van der Waals surface area contributed by atoms with Gasteiger partial charge < -0.3 is 9.25 Å². The second-order valence-corrected chi connectivity index (χ2v) is 6.39. The highest BCUT2D eigenvalue weighted by atomic mass is 32.2. The maximum absolute atomic E-state index is 11.9. The molecule has 0 bridgehead atoms. The van der Waals surface area contributed by atoms with Gasteiger partial charge >= 0.3 is 0 Å². The molecule has 0 fully saturated rings. The topological polar surface area (TPSA) is 68.9 Å². The Labute approximate surface area is 94.0 Å². The molecule has 0 atom stereocenters. The molecule has 2 heterocycles. The van der Waals surface area contributed by atoms with Crippen LogP contribution < -0.4 is 0 Å². The van der Waals surface area contributed by atoms with Crippen LogP contribution in [-0.4, -0.2) is 19.1 Å². The van der Waals surface area contributed by atoms with E-state index in [9.17, 15) is 8.42 Å². The minimum absolute atomic E-state index is 0.0955. The molecule has 2 rings (SSSR count). The quantitative estimate of drug-likeness (QED) is 0.792. The molecule has 5 nitrogen and oxygen atoms in total. The van der Waals surface area contributed by atoms with Crippen LogP contribution in [0.5, 0.6) is 0 Å². The number of hydrogen-bond donors (Lipinski definition) is 0. The predicted octanol–water partition coefficient (Wildman–Crippen LogP) is 1.71. The van der Waals surface area contributed by atoms with Crippen molar-refractivity contribution in [3.05, 3.63) is 24.2 Å². The van der Waals surface area contributed by atoms with Gasteiger partial charge in [0.2, 0.25) is 0 Å². The van der Waals surface area contributed by atoms with Crippen LogP contribution in [0, 0.1) is 0 Å². The van der Waals surface area contributed by atoms with Crippen molar-refractivity contribution in [3.8, 4) is 0 Å². The molecule has 0 unspecified atom stereocenters. The molecule has 16 heavy (non-hydrogen) atoms. The molecule has 1 aliphatic rings. The SMILES string of the molecule is CC1(C)CC(S(=O)(=O)Cc2ccoc2)=NO1. The average molecular weight is 243 g/mol. The second kappa shape index (κ2) is 3.62. The van der Waals surface area contributed by atoms with Crippen LogP contribution in [0.2, 0.25) is 0 Å². The Morgan fingerprint density at radius 1 is 1.50 bits per heavy atom. The zero-order valence-electron chi connectivity index (χ0n) is 9.13. The number of nitrogens with zero attached hydrogens (tertiary/aromatic N) is 1. The normalized spacial score (nSPS) is 19.2. The van der Waals surface area contributed by atoms with Crippen molar-refractivity contribution in [2.75, 3.05) is 0 Å². The van der Waals surface area contributed by atoms with E-state index in [1.165, 1.54) is 12.5 Å². The first-order chi connectivity index (χ1) is 7.39. The molecule has 0 N–H and O–H groups in total. The summed E-state index contributed by atoms with van der Waals surface area (Å²) in [5, 5.41) is 3.75. The zero-order chi connectivity index (χ0) is 11.8. The third kappa shape index (κ3) is 2.27. The van der Waals surface area contributed by atoms with Crippen molar-refractivity contribution < 1.29 is 17.7 Å². The van der Waals surface area contributed by atoms with E-state index in [1.807, 2.05) is 0 Å². The van der Waals surface area contributed by atoms with Crippen molar-refractivity contribution in [2.45, 2.75) is 31.6 Å². The maximum Gasteiger partial charge on any atom is 0.199 e. The first-order valence-electron chi connectivity index (χ1n) is 4.88. The Balaban J connectivity index is 2.16. The number of sulfone groups is 1. The Bertz CT molecular complexity index is 499. The van der Waals surface area contributed by atoms with Crippen molar-refractivity contribution >= 4 is 14.9 Å². The smallest absolute Gasteiger partial charge is 0.199 e. The Morgan fingerprint density at radius 2 is 2.25 bits per heavy atom. The predicted molar refractivity (Wildman–Crippen MR) is 58.5 cm³/mol. The highest BCUT2D eigenvalue weighted by molar-refractivity contribution is 8.05. The van der Waals surface area contributed by atoms with Crippen LogP contribution in [0.3, 0.4) is 0 Å². The maximum atomic E-state index is 11.9. The standard InChI is InChI=1S/C10H13NO4S/c1-10(2)5-9(11-15-10)16(12,13)7-8-3-4-14-6-8/h3-4,6H,5,7H2,1-2H3. The Kier molecular flexibility index (Phi) is 2.53. The monoisotopic (exact) mass is 243 g/mol. The molecule has 0 aliphatic carbocycles. The van der Waals surface area contributed by atoms with E-state index in [0.717, 1.165) is 0 Å². The van der Waals surface area contributed by atoms with Crippen molar-refractivity contribution in [1.29, 1.82) is 0 Å². The molecular weight excluding hydrogens is 230 g/mol. The van der Waals surface area contributed by atoms with Crippen LogP contribution in [0.4, 0.5) is 0 Å². The number of rotatable bonds is 2. The molecule has 1 aromatic heterocycles. The molecular formula is C10H13NO4S. The molecule has 1 aliphatic heterocycles. The van der Waals surface area contributed by atoms with Crippen molar-refractivity contribution in [3.63, 3.8) is 0 Å². The lowest BCUT2D eigenvalue weighted by Crippen LogP contribution is -2.23. The molecule has 0 amide bonds. The lowest BCUT2D eigenvalue weighted by molar-refractivity contribution is 0.0123. The van der Waals surface area contributed by atoms with Gasteiger partial charge in [-0.3, -0.25) is 0 Å². The van der Waals surface area contributed by atoms with Crippen LogP contribution in [0.25, 0.3) is 0 Å². The molecule has 0 saturated carbocycles. The largest absolute Gasteiger partial charge is 0.472 e. The zero-order valence-corrected chi connectivity index (χ0v) is 9.95. The molecule has 0 spiro atoms. The molecule has 1 aromatic rings. The second-order valence-electron chi connectivity index (χ2n) is 4.40. The molecule has 0 radical (unpaired) electrons. The van der Waals surface area contributed by atoms with E-state index in [2.05, 4.69) is 5.16 Å². The van der Waals surface area contributed by atoms with Gasteiger partial charge in [-0.05, 0) is 19.9 Å². The number of hydrogen-bond acceptors (Lipinski definition) is 5. The van der Waals surface area contributed by atoms with Gasteiger partial charge in [0.15, 0.2) is 14.9 Å². The summed E-state index contributed by atoms with van der Waals surface area (Å²) >= 11 is 0. The van der Waals surface area contributed by atoms with Gasteiger partial charge in [-0.15, -0.1) is 0 Å². The van der Waals surface area contributed by atoms with Crippen LogP contribution >= 0.6 is 0 Å². The van der Waals surface area contributed by atoms with E-state index in [0.29, 0.717) is 12.0 Å². The van der Waals surface area contributed by atoms with E-state index in [-0.39, 0.29) is 10.8 Å². The fraction of sp³-hybridized carbons (Fsp3) is 0.500. The Morgan fingerprint density at radius 3 is 2.75 bits per heavy atom. The summed E-state index contributed by atoms with van der Waals surface area (Å²) in [7, 11) is -3.39. The third-order valence-electron chi connectivity index (χ3n) is 2.27. The van der Waals surface area contributed by atoms with E-state index >= 15 is 0 Å². The summed E-state index contributed by atoms with van der Waals surface area (Å²) in [6, 6.07) is 1.62. The van der Waals surface area contributed by atoms with E-state index in [4.69, 9.17) is 9.25 Å². The molecule has 88 valence electrons. The highest BCUT2D eigenvalue weighted by Gasteiger charge is 2.35. The van der Waals surface area contributed by atoms with Gasteiger partial charge in [0.1, 0.15) is 5.60 Å². The fourth-order valence-electron chi connectivity index (χ4n) is 1.45. The van der Waals surface area contributed by atoms with E-state index < -0.39 is 15.4 Å². The molecule has 0 saturated heterocycles. The van der Waals surface area contributed by atoms with Crippen LogP contribution in [0.15, 0.2) is 28.2 Å². The van der Waals surface area contributed by atoms with Gasteiger partial charge in [-0.2, -0.15) is 0 Å². The van der Waals surface area contributed by atoms with Gasteiger partial charge in [0, 0.05) is 12.0 Å². The summed E-state index contributed by atoms with van der Waals surface area (Å²) in [6.07, 6.45) is 3.17. The van der Waals surface area contributed by atoms with Gasteiger partial charge in [0.05, 0.1) is 18.3 Å². The highest BCUT2D eigenvalue weighted by Crippen LogP contribution is 2.26. The minimum Gasteiger partial charge on any atom is -0.472 e. The first kappa shape index (κ1) is 11.2. The lowest BCUT2D eigenvalue weighted by atomic mass is 10.1. The summed E-state index contributed by atoms with van der Waals surface area (Å²) in [4.78, 5) is 5.04. The summed E-state index contributed by atoms with van der Waals surface area (Å²) in [5.74, 6) is -0.0955. The van der Waals surface area contributed by atoms with Gasteiger partial charge in [0.25, 0.3) is 0 Å². The lowest BCUT2D eigenvalue weighted by Gasteiger charge is -2.13. The number of oxime groups is 1. The van der Waals surface area contributed by atoms with Crippen LogP contribution in [0.1, 0.15) is 25.8 Å². The fourth-order valence-corrected chi connectivity index (χ4v) is 2.94. The van der Waals surface area contributed by atoms with E-state index in [1.54, 1.807) is 19.9 Å². The van der Waals surface area contributed by atoms with Crippen molar-refractivity contribution in [2.24, 2.45) is 5.16 Å². The molecule has 0 aromatic carbocycles. The first-order valence-corrected chi connectivity index (χ1v) is 6.53. The summed E-state index contributed by atoms with van der Waals surface area (Å²) < 4.78 is 28.7. The number of furan rings is 1. The minimum atomic E-state index is -3.39. The molecule has 6 heteroatoms. The van der Waals surface area contributed by atoms with Crippen molar-refractivity contribution in [1.82, 2.24) is 0 Å². The van der Waals surface area contributed by atoms with Gasteiger partial charge in [-0.1, -0.05) is 5.16 Å². The van der Waals surface area contributed by atoms with Crippen LogP contribution in [-0.2, 0) is 20.4 Å². The third-order valence-corrected chi connectivity index (χ3v) is 3.92. The summed E-state index contributed by atoms with van der Waals surface area (Å²) in [5.41, 5.74) is 0.0890.